The first-order valence-electron chi connectivity index (χ1n) is 9.12. The van der Waals surface area contributed by atoms with E-state index in [0.29, 0.717) is 6.07 Å². The maximum Gasteiger partial charge on any atom is 0.433 e. The van der Waals surface area contributed by atoms with Gasteiger partial charge >= 0.3 is 6.18 Å². The van der Waals surface area contributed by atoms with Gasteiger partial charge in [-0.15, -0.1) is 0 Å². The lowest BCUT2D eigenvalue weighted by Gasteiger charge is -2.48. The van der Waals surface area contributed by atoms with Crippen molar-refractivity contribution in [3.8, 4) is 0 Å². The Labute approximate surface area is 176 Å². The highest BCUT2D eigenvalue weighted by molar-refractivity contribution is 7.90. The molecule has 0 aromatic carbocycles. The highest BCUT2D eigenvalue weighted by Gasteiger charge is 2.51. The normalized spacial score (nSPS) is 19.0. The molecule has 3 rings (SSSR count). The van der Waals surface area contributed by atoms with Crippen molar-refractivity contribution in [2.75, 3.05) is 6.54 Å². The van der Waals surface area contributed by atoms with E-state index in [1.54, 1.807) is 6.92 Å². The minimum atomic E-state index is -4.66. The Morgan fingerprint density at radius 2 is 1.84 bits per heavy atom. The molecule has 1 aliphatic heterocycles. The fourth-order valence-electron chi connectivity index (χ4n) is 3.11. The van der Waals surface area contributed by atoms with Crippen molar-refractivity contribution in [2.45, 2.75) is 43.9 Å². The number of hydrogen-bond donors (Lipinski definition) is 1. The molecule has 2 amide bonds. The lowest BCUT2D eigenvalue weighted by Crippen LogP contribution is -2.67. The summed E-state index contributed by atoms with van der Waals surface area (Å²) in [5.74, 6) is -1.65. The molecule has 0 spiro atoms. The van der Waals surface area contributed by atoms with E-state index in [4.69, 9.17) is 0 Å². The van der Waals surface area contributed by atoms with Gasteiger partial charge in [0, 0.05) is 12.7 Å². The molecule has 31 heavy (non-hydrogen) atoms. The van der Waals surface area contributed by atoms with Crippen LogP contribution in [0, 0.1) is 13.8 Å². The van der Waals surface area contributed by atoms with Gasteiger partial charge in [0.25, 0.3) is 21.8 Å². The number of nitrogens with zero attached hydrogens (tertiary/aromatic N) is 3. The summed E-state index contributed by atoms with van der Waals surface area (Å²) in [4.78, 5) is 33.9. The van der Waals surface area contributed by atoms with Crippen LogP contribution in [-0.4, -0.2) is 47.2 Å². The Kier molecular flexibility index (Phi) is 5.55. The quantitative estimate of drug-likeness (QED) is 0.756. The van der Waals surface area contributed by atoms with E-state index in [0.717, 1.165) is 16.5 Å². The lowest BCUT2D eigenvalue weighted by molar-refractivity contribution is -0.141. The predicted molar refractivity (Wildman–Crippen MR) is 102 cm³/mol. The molecule has 0 aliphatic carbocycles. The molecule has 1 unspecified atom stereocenters. The smallest absolute Gasteiger partial charge is 0.324 e. The molecule has 8 nitrogen and oxygen atoms in total. The number of hydrogen-bond acceptors (Lipinski definition) is 6. The highest BCUT2D eigenvalue weighted by atomic mass is 32.2. The predicted octanol–water partition coefficient (Wildman–Crippen LogP) is 2.22. The summed E-state index contributed by atoms with van der Waals surface area (Å²) in [6.45, 7) is 4.49. The molecular weight excluding hydrogens is 437 g/mol. The van der Waals surface area contributed by atoms with Crippen molar-refractivity contribution in [2.24, 2.45) is 0 Å². The molecule has 3 heterocycles. The van der Waals surface area contributed by atoms with Gasteiger partial charge in [0.2, 0.25) is 0 Å². The molecule has 166 valence electrons. The van der Waals surface area contributed by atoms with Gasteiger partial charge in [-0.25, -0.2) is 14.7 Å². The van der Waals surface area contributed by atoms with Gasteiger partial charge in [0.1, 0.15) is 11.2 Å². The SMILES string of the molecule is Cc1ccc(S(=O)(=O)NC(=O)C2(C)CCN2C(=O)c2ccc(C(F)(F)F)nc2C)nc1. The van der Waals surface area contributed by atoms with Crippen LogP contribution in [0.1, 0.15) is 40.7 Å². The molecule has 1 atom stereocenters. The van der Waals surface area contributed by atoms with E-state index in [1.807, 2.05) is 4.72 Å². The summed E-state index contributed by atoms with van der Waals surface area (Å²) in [6.07, 6.45) is -3.15. The Balaban J connectivity index is 1.81. The maximum atomic E-state index is 12.9. The molecule has 1 saturated heterocycles. The summed E-state index contributed by atoms with van der Waals surface area (Å²) in [5.41, 5.74) is -2.15. The summed E-state index contributed by atoms with van der Waals surface area (Å²) in [6, 6.07) is 4.45. The summed E-state index contributed by atoms with van der Waals surface area (Å²) in [5, 5.41) is -0.352. The summed E-state index contributed by atoms with van der Waals surface area (Å²) < 4.78 is 65.3. The fourth-order valence-corrected chi connectivity index (χ4v) is 4.12. The second-order valence-electron chi connectivity index (χ2n) is 7.42. The van der Waals surface area contributed by atoms with E-state index < -0.39 is 39.2 Å². The molecule has 0 saturated carbocycles. The van der Waals surface area contributed by atoms with Crippen LogP contribution in [0.25, 0.3) is 0 Å². The zero-order chi connectivity index (χ0) is 23.2. The van der Waals surface area contributed by atoms with Gasteiger partial charge in [-0.05, 0) is 51.0 Å². The number of nitrogens with one attached hydrogen (secondary N) is 1. The Morgan fingerprint density at radius 1 is 1.16 bits per heavy atom. The van der Waals surface area contributed by atoms with Gasteiger partial charge in [-0.1, -0.05) is 6.07 Å². The second-order valence-corrected chi connectivity index (χ2v) is 9.05. The molecule has 2 aromatic rings. The van der Waals surface area contributed by atoms with Crippen molar-refractivity contribution >= 4 is 21.8 Å². The third kappa shape index (κ3) is 4.24. The maximum absolute atomic E-state index is 12.9. The van der Waals surface area contributed by atoms with Gasteiger partial charge in [0.05, 0.1) is 11.3 Å². The van der Waals surface area contributed by atoms with Gasteiger partial charge in [-0.3, -0.25) is 9.59 Å². The van der Waals surface area contributed by atoms with Crippen LogP contribution in [0.4, 0.5) is 13.2 Å². The van der Waals surface area contributed by atoms with Crippen molar-refractivity contribution in [3.05, 3.63) is 53.0 Å². The first-order valence-corrected chi connectivity index (χ1v) is 10.6. The van der Waals surface area contributed by atoms with Crippen LogP contribution in [-0.2, 0) is 21.0 Å². The first-order chi connectivity index (χ1) is 14.3. The van der Waals surface area contributed by atoms with Crippen LogP contribution in [0.15, 0.2) is 35.5 Å². The number of likely N-dealkylation sites (tertiary alicyclic amines) is 1. The van der Waals surface area contributed by atoms with Crippen LogP contribution >= 0.6 is 0 Å². The van der Waals surface area contributed by atoms with E-state index in [-0.39, 0.29) is 29.2 Å². The number of sulfonamides is 1. The topological polar surface area (TPSA) is 109 Å². The summed E-state index contributed by atoms with van der Waals surface area (Å²) >= 11 is 0. The number of carbonyl (C=O) groups is 2. The monoisotopic (exact) mass is 456 g/mol. The molecule has 0 bridgehead atoms. The Bertz CT molecular complexity index is 1150. The highest BCUT2D eigenvalue weighted by Crippen LogP contribution is 2.34. The molecular formula is C19H19F3N4O4S. The minimum absolute atomic E-state index is 0.102. The van der Waals surface area contributed by atoms with Crippen molar-refractivity contribution < 1.29 is 31.2 Å². The van der Waals surface area contributed by atoms with E-state index in [9.17, 15) is 31.2 Å². The number of rotatable bonds is 4. The zero-order valence-corrected chi connectivity index (χ0v) is 17.6. The van der Waals surface area contributed by atoms with Crippen molar-refractivity contribution in [3.63, 3.8) is 0 Å². The Morgan fingerprint density at radius 3 is 2.32 bits per heavy atom. The molecule has 1 aliphatic rings. The molecule has 1 N–H and O–H groups in total. The number of carbonyl (C=O) groups excluding carboxylic acids is 2. The molecule has 1 fully saturated rings. The standard InChI is InChI=1S/C19H19F3N4O4S/c1-11-4-7-15(23-10-11)31(29,30)25-17(28)18(3)8-9-26(18)16(27)13-5-6-14(19(20,21)22)24-12(13)2/h4-7,10H,8-9H2,1-3H3,(H,25,28). The Hall–Kier alpha value is -3.02. The van der Waals surface area contributed by atoms with Crippen LogP contribution in [0.5, 0.6) is 0 Å². The summed E-state index contributed by atoms with van der Waals surface area (Å²) in [7, 11) is -4.27. The van der Waals surface area contributed by atoms with Crippen LogP contribution < -0.4 is 4.72 Å². The number of halogens is 3. The number of aryl methyl sites for hydroxylation is 2. The third-order valence-electron chi connectivity index (χ3n) is 5.15. The zero-order valence-electron chi connectivity index (χ0n) is 16.8. The first kappa shape index (κ1) is 22.7. The number of amides is 2. The lowest BCUT2D eigenvalue weighted by atomic mass is 9.85. The number of alkyl halides is 3. The molecule has 2 aromatic heterocycles. The van der Waals surface area contributed by atoms with E-state index in [2.05, 4.69) is 9.97 Å². The molecule has 12 heteroatoms. The van der Waals surface area contributed by atoms with Gasteiger partial charge in [0.15, 0.2) is 5.03 Å². The van der Waals surface area contributed by atoms with Crippen molar-refractivity contribution in [1.82, 2.24) is 19.6 Å². The van der Waals surface area contributed by atoms with Gasteiger partial charge in [-0.2, -0.15) is 21.6 Å². The van der Waals surface area contributed by atoms with Crippen LogP contribution in [0.2, 0.25) is 0 Å². The van der Waals surface area contributed by atoms with Gasteiger partial charge < -0.3 is 4.90 Å². The number of aromatic nitrogens is 2. The minimum Gasteiger partial charge on any atom is -0.324 e. The average Bonchev–Trinajstić information content (AvgIpc) is 2.65. The second kappa shape index (κ2) is 7.59. The third-order valence-corrected chi connectivity index (χ3v) is 6.39. The van der Waals surface area contributed by atoms with E-state index in [1.165, 1.54) is 32.2 Å². The van der Waals surface area contributed by atoms with Crippen molar-refractivity contribution in [1.29, 1.82) is 0 Å². The molecule has 0 radical (unpaired) electrons. The fraction of sp³-hybridized carbons (Fsp3) is 0.368. The van der Waals surface area contributed by atoms with Crippen LogP contribution in [0.3, 0.4) is 0 Å². The average molecular weight is 456 g/mol. The largest absolute Gasteiger partial charge is 0.433 e. The number of pyridine rings is 2. The van der Waals surface area contributed by atoms with E-state index >= 15 is 0 Å².